The minimum atomic E-state index is -0.620. The van der Waals surface area contributed by atoms with E-state index in [4.69, 9.17) is 9.57 Å². The molecule has 2 aromatic rings. The van der Waals surface area contributed by atoms with Crippen molar-refractivity contribution in [3.05, 3.63) is 57.3 Å². The summed E-state index contributed by atoms with van der Waals surface area (Å²) >= 11 is 1.66. The summed E-state index contributed by atoms with van der Waals surface area (Å²) in [6.07, 6.45) is 0.602. The Bertz CT molecular complexity index is 724. The molecule has 0 aliphatic carbocycles. The Balaban J connectivity index is 1.58. The first-order valence-corrected chi connectivity index (χ1v) is 8.17. The van der Waals surface area contributed by atoms with Crippen LogP contribution in [0.25, 0.3) is 0 Å². The summed E-state index contributed by atoms with van der Waals surface area (Å²) in [4.78, 5) is 6.70. The summed E-state index contributed by atoms with van der Waals surface area (Å²) in [6, 6.07) is 5.79. The minimum absolute atomic E-state index is 0.0658. The molecule has 1 atom stereocenters. The van der Waals surface area contributed by atoms with Crippen molar-refractivity contribution < 1.29 is 18.4 Å². The van der Waals surface area contributed by atoms with Crippen molar-refractivity contribution >= 4 is 17.0 Å². The van der Waals surface area contributed by atoms with Crippen LogP contribution in [0, 0.1) is 18.6 Å². The number of rotatable bonds is 5. The van der Waals surface area contributed by atoms with Gasteiger partial charge in [0, 0.05) is 22.4 Å². The van der Waals surface area contributed by atoms with Crippen molar-refractivity contribution in [3.63, 3.8) is 0 Å². The molecule has 1 aromatic heterocycles. The van der Waals surface area contributed by atoms with Crippen LogP contribution in [0.15, 0.2) is 34.8 Å². The highest BCUT2D eigenvalue weighted by Crippen LogP contribution is 2.30. The largest absolute Gasteiger partial charge is 0.386 e. The molecular formula is C17H17F2NO2S. The molecule has 3 nitrogen and oxygen atoms in total. The Morgan fingerprint density at radius 2 is 2.04 bits per heavy atom. The molecular weight excluding hydrogens is 320 g/mol. The van der Waals surface area contributed by atoms with Crippen LogP contribution >= 0.6 is 11.3 Å². The maximum atomic E-state index is 13.6. The lowest BCUT2D eigenvalue weighted by Crippen LogP contribution is -2.31. The van der Waals surface area contributed by atoms with E-state index in [9.17, 15) is 8.78 Å². The van der Waals surface area contributed by atoms with Crippen LogP contribution in [0.3, 0.4) is 0 Å². The first-order chi connectivity index (χ1) is 11.0. The van der Waals surface area contributed by atoms with Gasteiger partial charge in [-0.25, -0.2) is 8.78 Å². The van der Waals surface area contributed by atoms with Crippen LogP contribution in [0.4, 0.5) is 8.78 Å². The average molecular weight is 337 g/mol. The first kappa shape index (κ1) is 16.1. The monoisotopic (exact) mass is 337 g/mol. The molecule has 0 saturated carbocycles. The molecule has 1 aromatic carbocycles. The number of oxime groups is 1. The van der Waals surface area contributed by atoms with Gasteiger partial charge >= 0.3 is 0 Å². The van der Waals surface area contributed by atoms with Crippen LogP contribution in [-0.4, -0.2) is 17.9 Å². The number of benzene rings is 1. The Kier molecular flexibility index (Phi) is 4.46. The van der Waals surface area contributed by atoms with Crippen molar-refractivity contribution in [1.82, 2.24) is 0 Å². The molecule has 0 bridgehead atoms. The second-order valence-electron chi connectivity index (χ2n) is 5.84. The molecule has 0 amide bonds. The molecule has 1 aliphatic rings. The standard InChI is InChI=1S/C17H17F2NO2S/c1-11-12(6-7-23-11)16-8-17(2,22-20-16)10-21-9-13-14(18)4-3-5-15(13)19/h3-7H,8-10H2,1-2H3. The predicted octanol–water partition coefficient (Wildman–Crippen LogP) is 4.43. The smallest absolute Gasteiger partial charge is 0.163 e. The van der Waals surface area contributed by atoms with Gasteiger partial charge in [-0.1, -0.05) is 11.2 Å². The van der Waals surface area contributed by atoms with Crippen LogP contribution in [0.2, 0.25) is 0 Å². The summed E-state index contributed by atoms with van der Waals surface area (Å²) in [5.41, 5.74) is 1.28. The molecule has 3 rings (SSSR count). The second kappa shape index (κ2) is 6.37. The summed E-state index contributed by atoms with van der Waals surface area (Å²) in [7, 11) is 0. The highest BCUT2D eigenvalue weighted by Gasteiger charge is 2.36. The van der Waals surface area contributed by atoms with Crippen molar-refractivity contribution in [1.29, 1.82) is 0 Å². The van der Waals surface area contributed by atoms with Crippen LogP contribution in [-0.2, 0) is 16.2 Å². The minimum Gasteiger partial charge on any atom is -0.386 e. The maximum absolute atomic E-state index is 13.6. The molecule has 1 unspecified atom stereocenters. The lowest BCUT2D eigenvalue weighted by molar-refractivity contribution is -0.0716. The van der Waals surface area contributed by atoms with E-state index in [2.05, 4.69) is 5.16 Å². The molecule has 23 heavy (non-hydrogen) atoms. The van der Waals surface area contributed by atoms with Crippen LogP contribution in [0.5, 0.6) is 0 Å². The first-order valence-electron chi connectivity index (χ1n) is 7.29. The van der Waals surface area contributed by atoms with E-state index < -0.39 is 17.2 Å². The van der Waals surface area contributed by atoms with Crippen molar-refractivity contribution in [2.75, 3.05) is 6.61 Å². The third-order valence-corrected chi connectivity index (χ3v) is 4.65. The van der Waals surface area contributed by atoms with E-state index in [0.29, 0.717) is 6.42 Å². The Morgan fingerprint density at radius 3 is 2.70 bits per heavy atom. The molecule has 0 radical (unpaired) electrons. The highest BCUT2D eigenvalue weighted by atomic mass is 32.1. The molecule has 0 spiro atoms. The Labute approximate surface area is 137 Å². The fourth-order valence-corrected chi connectivity index (χ4v) is 3.25. The van der Waals surface area contributed by atoms with Crippen molar-refractivity contribution in [2.45, 2.75) is 32.5 Å². The Morgan fingerprint density at radius 1 is 1.30 bits per heavy atom. The number of ether oxygens (including phenoxy) is 1. The maximum Gasteiger partial charge on any atom is 0.163 e. The van der Waals surface area contributed by atoms with Gasteiger partial charge in [-0.3, -0.25) is 0 Å². The van der Waals surface area contributed by atoms with Gasteiger partial charge in [0.25, 0.3) is 0 Å². The fraction of sp³-hybridized carbons (Fsp3) is 0.353. The summed E-state index contributed by atoms with van der Waals surface area (Å²) in [6.45, 7) is 3.99. The lowest BCUT2D eigenvalue weighted by atomic mass is 9.97. The van der Waals surface area contributed by atoms with E-state index in [1.807, 2.05) is 25.3 Å². The number of hydrogen-bond donors (Lipinski definition) is 0. The van der Waals surface area contributed by atoms with Gasteiger partial charge < -0.3 is 9.57 Å². The van der Waals surface area contributed by atoms with Gasteiger partial charge in [0.15, 0.2) is 5.60 Å². The summed E-state index contributed by atoms with van der Waals surface area (Å²) < 4.78 is 32.6. The van der Waals surface area contributed by atoms with E-state index in [1.54, 1.807) is 11.3 Å². The lowest BCUT2D eigenvalue weighted by Gasteiger charge is -2.21. The molecule has 1 aliphatic heterocycles. The number of aryl methyl sites for hydroxylation is 1. The molecule has 0 N–H and O–H groups in total. The quantitative estimate of drug-likeness (QED) is 0.808. The molecule has 0 fully saturated rings. The zero-order chi connectivity index (χ0) is 16.4. The molecule has 6 heteroatoms. The number of nitrogens with zero attached hydrogens (tertiary/aromatic N) is 1. The van der Waals surface area contributed by atoms with Gasteiger partial charge in [0.05, 0.1) is 18.9 Å². The number of halogens is 2. The van der Waals surface area contributed by atoms with Gasteiger partial charge in [0.2, 0.25) is 0 Å². The summed E-state index contributed by atoms with van der Waals surface area (Å²) in [5, 5.41) is 6.16. The molecule has 0 saturated heterocycles. The topological polar surface area (TPSA) is 30.8 Å². The number of thiophene rings is 1. The number of hydrogen-bond acceptors (Lipinski definition) is 4. The van der Waals surface area contributed by atoms with E-state index in [-0.39, 0.29) is 18.8 Å². The summed E-state index contributed by atoms with van der Waals surface area (Å²) in [5.74, 6) is -1.21. The van der Waals surface area contributed by atoms with Crippen LogP contribution in [0.1, 0.15) is 29.3 Å². The van der Waals surface area contributed by atoms with Crippen molar-refractivity contribution in [2.24, 2.45) is 5.16 Å². The zero-order valence-corrected chi connectivity index (χ0v) is 13.8. The predicted molar refractivity (Wildman–Crippen MR) is 85.7 cm³/mol. The van der Waals surface area contributed by atoms with Gasteiger partial charge in [0.1, 0.15) is 11.6 Å². The highest BCUT2D eigenvalue weighted by molar-refractivity contribution is 7.10. The van der Waals surface area contributed by atoms with Gasteiger partial charge in [-0.15, -0.1) is 11.3 Å². The van der Waals surface area contributed by atoms with E-state index in [1.165, 1.54) is 23.1 Å². The van der Waals surface area contributed by atoms with Crippen molar-refractivity contribution in [3.8, 4) is 0 Å². The van der Waals surface area contributed by atoms with Gasteiger partial charge in [-0.05, 0) is 37.4 Å². The van der Waals surface area contributed by atoms with E-state index >= 15 is 0 Å². The average Bonchev–Trinajstić information content (AvgIpc) is 3.09. The molecule has 2 heterocycles. The SMILES string of the molecule is Cc1sccc1C1=NOC(C)(COCc2c(F)cccc2F)C1. The second-order valence-corrected chi connectivity index (χ2v) is 6.96. The third-order valence-electron chi connectivity index (χ3n) is 3.80. The Hall–Kier alpha value is -1.79. The molecule has 122 valence electrons. The van der Waals surface area contributed by atoms with Gasteiger partial charge in [-0.2, -0.15) is 0 Å². The normalized spacial score (nSPS) is 20.4. The van der Waals surface area contributed by atoms with Crippen LogP contribution < -0.4 is 0 Å². The zero-order valence-electron chi connectivity index (χ0n) is 12.9. The fourth-order valence-electron chi connectivity index (χ4n) is 2.53. The third kappa shape index (κ3) is 3.43. The van der Waals surface area contributed by atoms with E-state index in [0.717, 1.165) is 11.3 Å².